The lowest BCUT2D eigenvalue weighted by molar-refractivity contribution is -0.143. The topological polar surface area (TPSA) is 59.9 Å². The highest BCUT2D eigenvalue weighted by Gasteiger charge is 2.06. The Hall–Kier alpha value is -2.34. The number of anilines is 1. The number of rotatable bonds is 8. The van der Waals surface area contributed by atoms with Gasteiger partial charge in [-0.3, -0.25) is 10.2 Å². The monoisotopic (exact) mass is 390 g/mol. The quantitative estimate of drug-likeness (QED) is 0.416. The Kier molecular flexibility index (Phi) is 7.29. The van der Waals surface area contributed by atoms with E-state index >= 15 is 0 Å². The Bertz CT molecular complexity index is 690. The van der Waals surface area contributed by atoms with Crippen molar-refractivity contribution in [2.24, 2.45) is 5.10 Å². The van der Waals surface area contributed by atoms with Crippen molar-refractivity contribution >= 4 is 33.8 Å². The standard InChI is InChI=1S/C18H19BrN2O3/c1-2-23-18(22)10-11-24-17-9-8-15(19)12-14(17)13-20-21-16-6-4-3-5-7-16/h3-9,12-13,21H,2,10-11H2,1H3. The number of benzene rings is 2. The Balaban J connectivity index is 1.97. The number of esters is 1. The summed E-state index contributed by atoms with van der Waals surface area (Å²) in [5.41, 5.74) is 4.65. The van der Waals surface area contributed by atoms with Gasteiger partial charge in [0.05, 0.1) is 31.5 Å². The van der Waals surface area contributed by atoms with Gasteiger partial charge in [-0.05, 0) is 37.3 Å². The van der Waals surface area contributed by atoms with Gasteiger partial charge in [0.15, 0.2) is 0 Å². The van der Waals surface area contributed by atoms with Crippen LogP contribution in [0.4, 0.5) is 5.69 Å². The van der Waals surface area contributed by atoms with Crippen molar-refractivity contribution in [2.75, 3.05) is 18.6 Å². The first-order valence-corrected chi connectivity index (χ1v) is 8.40. The first-order chi connectivity index (χ1) is 11.7. The van der Waals surface area contributed by atoms with Crippen molar-refractivity contribution in [3.8, 4) is 5.75 Å². The molecule has 0 aliphatic rings. The molecule has 6 heteroatoms. The minimum Gasteiger partial charge on any atom is -0.492 e. The molecule has 2 aromatic carbocycles. The van der Waals surface area contributed by atoms with E-state index in [1.807, 2.05) is 48.5 Å². The summed E-state index contributed by atoms with van der Waals surface area (Å²) >= 11 is 3.43. The number of hydrogen-bond acceptors (Lipinski definition) is 5. The third-order valence-corrected chi connectivity index (χ3v) is 3.51. The fraction of sp³-hybridized carbons (Fsp3) is 0.222. The molecular weight excluding hydrogens is 372 g/mol. The largest absolute Gasteiger partial charge is 0.492 e. The number of hydrazone groups is 1. The molecule has 1 N–H and O–H groups in total. The summed E-state index contributed by atoms with van der Waals surface area (Å²) in [6.45, 7) is 2.41. The molecular formula is C18H19BrN2O3. The van der Waals surface area contributed by atoms with Crippen molar-refractivity contribution < 1.29 is 14.3 Å². The number of ether oxygens (including phenoxy) is 2. The van der Waals surface area contributed by atoms with Crippen LogP contribution in [0.2, 0.25) is 0 Å². The van der Waals surface area contributed by atoms with Gasteiger partial charge in [0.2, 0.25) is 0 Å². The third kappa shape index (κ3) is 6.04. The fourth-order valence-corrected chi connectivity index (χ4v) is 2.30. The maximum atomic E-state index is 11.4. The SMILES string of the molecule is CCOC(=O)CCOc1ccc(Br)cc1C=NNc1ccccc1. The van der Waals surface area contributed by atoms with Crippen LogP contribution in [-0.4, -0.2) is 25.4 Å². The van der Waals surface area contributed by atoms with Crippen molar-refractivity contribution in [3.05, 3.63) is 58.6 Å². The molecule has 0 heterocycles. The Morgan fingerprint density at radius 3 is 2.79 bits per heavy atom. The predicted octanol–water partition coefficient (Wildman–Crippen LogP) is 4.23. The van der Waals surface area contributed by atoms with Crippen LogP contribution in [-0.2, 0) is 9.53 Å². The molecule has 0 fully saturated rings. The summed E-state index contributed by atoms with van der Waals surface area (Å²) in [6.07, 6.45) is 1.89. The van der Waals surface area contributed by atoms with E-state index in [2.05, 4.69) is 26.5 Å². The fourth-order valence-electron chi connectivity index (χ4n) is 1.92. The van der Waals surface area contributed by atoms with Crippen molar-refractivity contribution in [1.29, 1.82) is 0 Å². The van der Waals surface area contributed by atoms with Crippen LogP contribution < -0.4 is 10.2 Å². The van der Waals surface area contributed by atoms with Crippen LogP contribution in [0.3, 0.4) is 0 Å². The summed E-state index contributed by atoms with van der Waals surface area (Å²) < 4.78 is 11.5. The average molecular weight is 391 g/mol. The van der Waals surface area contributed by atoms with E-state index in [1.165, 1.54) is 0 Å². The van der Waals surface area contributed by atoms with Crippen molar-refractivity contribution in [1.82, 2.24) is 0 Å². The number of carbonyl (C=O) groups excluding carboxylic acids is 1. The average Bonchev–Trinajstić information content (AvgIpc) is 2.58. The molecule has 0 spiro atoms. The van der Waals surface area contributed by atoms with Gasteiger partial charge in [-0.25, -0.2) is 0 Å². The number of carbonyl (C=O) groups is 1. The molecule has 0 unspecified atom stereocenters. The molecule has 0 aliphatic heterocycles. The van der Waals surface area contributed by atoms with Gasteiger partial charge >= 0.3 is 5.97 Å². The zero-order valence-electron chi connectivity index (χ0n) is 13.4. The minimum absolute atomic E-state index is 0.211. The highest BCUT2D eigenvalue weighted by atomic mass is 79.9. The zero-order chi connectivity index (χ0) is 17.2. The maximum Gasteiger partial charge on any atom is 0.309 e. The molecule has 0 radical (unpaired) electrons. The van der Waals surface area contributed by atoms with Gasteiger partial charge in [0.1, 0.15) is 5.75 Å². The second kappa shape index (κ2) is 9.72. The molecule has 0 aliphatic carbocycles. The number of halogens is 1. The van der Waals surface area contributed by atoms with Gasteiger partial charge in [0.25, 0.3) is 0 Å². The molecule has 0 aromatic heterocycles. The third-order valence-electron chi connectivity index (χ3n) is 3.01. The predicted molar refractivity (Wildman–Crippen MR) is 98.5 cm³/mol. The van der Waals surface area contributed by atoms with E-state index in [0.717, 1.165) is 15.7 Å². The summed E-state index contributed by atoms with van der Waals surface area (Å²) in [5.74, 6) is 0.386. The number of hydrogen-bond donors (Lipinski definition) is 1. The lowest BCUT2D eigenvalue weighted by atomic mass is 10.2. The van der Waals surface area contributed by atoms with E-state index in [9.17, 15) is 4.79 Å². The van der Waals surface area contributed by atoms with Crippen molar-refractivity contribution in [3.63, 3.8) is 0 Å². The highest BCUT2D eigenvalue weighted by molar-refractivity contribution is 9.10. The molecule has 126 valence electrons. The number of para-hydroxylation sites is 1. The van der Waals surface area contributed by atoms with Gasteiger partial charge in [-0.1, -0.05) is 34.1 Å². The molecule has 2 aromatic rings. The zero-order valence-corrected chi connectivity index (χ0v) is 15.0. The lowest BCUT2D eigenvalue weighted by Gasteiger charge is -2.09. The number of nitrogens with zero attached hydrogens (tertiary/aromatic N) is 1. The molecule has 0 amide bonds. The summed E-state index contributed by atoms with van der Waals surface area (Å²) in [6, 6.07) is 15.3. The maximum absolute atomic E-state index is 11.4. The van der Waals surface area contributed by atoms with Gasteiger partial charge in [-0.15, -0.1) is 0 Å². The van der Waals surface area contributed by atoms with Crippen LogP contribution in [0, 0.1) is 0 Å². The van der Waals surface area contributed by atoms with E-state index in [0.29, 0.717) is 12.4 Å². The van der Waals surface area contributed by atoms with Gasteiger partial charge in [-0.2, -0.15) is 5.10 Å². The van der Waals surface area contributed by atoms with E-state index in [1.54, 1.807) is 13.1 Å². The Morgan fingerprint density at radius 2 is 2.04 bits per heavy atom. The lowest BCUT2D eigenvalue weighted by Crippen LogP contribution is -2.10. The highest BCUT2D eigenvalue weighted by Crippen LogP contribution is 2.22. The van der Waals surface area contributed by atoms with E-state index in [4.69, 9.17) is 9.47 Å². The molecule has 24 heavy (non-hydrogen) atoms. The minimum atomic E-state index is -0.268. The van der Waals surface area contributed by atoms with Crippen molar-refractivity contribution in [2.45, 2.75) is 13.3 Å². The summed E-state index contributed by atoms with van der Waals surface area (Å²) in [5, 5.41) is 4.22. The van der Waals surface area contributed by atoms with Crippen LogP contribution >= 0.6 is 15.9 Å². The Morgan fingerprint density at radius 1 is 1.25 bits per heavy atom. The smallest absolute Gasteiger partial charge is 0.309 e. The summed E-state index contributed by atoms with van der Waals surface area (Å²) in [7, 11) is 0. The molecule has 5 nitrogen and oxygen atoms in total. The first kappa shape index (κ1) is 18.0. The summed E-state index contributed by atoms with van der Waals surface area (Å²) in [4.78, 5) is 11.4. The normalized spacial score (nSPS) is 10.6. The van der Waals surface area contributed by atoms with Crippen LogP contribution in [0.25, 0.3) is 0 Å². The van der Waals surface area contributed by atoms with E-state index in [-0.39, 0.29) is 19.0 Å². The van der Waals surface area contributed by atoms with E-state index < -0.39 is 0 Å². The second-order valence-electron chi connectivity index (χ2n) is 4.82. The molecule has 0 saturated heterocycles. The van der Waals surface area contributed by atoms with Crippen LogP contribution in [0.5, 0.6) is 5.75 Å². The molecule has 2 rings (SSSR count). The van der Waals surface area contributed by atoms with Crippen LogP contribution in [0.15, 0.2) is 58.1 Å². The second-order valence-corrected chi connectivity index (χ2v) is 5.74. The molecule has 0 atom stereocenters. The Labute approximate surface area is 149 Å². The van der Waals surface area contributed by atoms with Crippen LogP contribution in [0.1, 0.15) is 18.9 Å². The van der Waals surface area contributed by atoms with Gasteiger partial charge < -0.3 is 9.47 Å². The molecule has 0 saturated carbocycles. The molecule has 0 bridgehead atoms. The first-order valence-electron chi connectivity index (χ1n) is 7.61. The number of nitrogens with one attached hydrogen (secondary N) is 1. The van der Waals surface area contributed by atoms with Gasteiger partial charge in [0, 0.05) is 10.0 Å².